The van der Waals surface area contributed by atoms with E-state index in [9.17, 15) is 5.11 Å². The van der Waals surface area contributed by atoms with Crippen molar-refractivity contribution < 1.29 is 9.52 Å². The number of hydrogen-bond donors (Lipinski definition) is 1. The zero-order chi connectivity index (χ0) is 17.4. The molecule has 1 N–H and O–H groups in total. The highest BCUT2D eigenvalue weighted by Gasteiger charge is 2.27. The smallest absolute Gasteiger partial charge is 0.158 e. The van der Waals surface area contributed by atoms with Crippen LogP contribution in [0.15, 0.2) is 28.9 Å². The van der Waals surface area contributed by atoms with Gasteiger partial charge >= 0.3 is 0 Å². The lowest BCUT2D eigenvalue weighted by atomic mass is 9.99. The van der Waals surface area contributed by atoms with Gasteiger partial charge in [0, 0.05) is 36.5 Å². The summed E-state index contributed by atoms with van der Waals surface area (Å²) < 4.78 is 7.44. The van der Waals surface area contributed by atoms with Gasteiger partial charge < -0.3 is 14.4 Å². The predicted molar refractivity (Wildman–Crippen MR) is 96.9 cm³/mol. The van der Waals surface area contributed by atoms with Gasteiger partial charge in [-0.1, -0.05) is 0 Å². The Kier molecular flexibility index (Phi) is 4.21. The van der Waals surface area contributed by atoms with E-state index in [1.807, 2.05) is 29.6 Å². The maximum Gasteiger partial charge on any atom is 0.158 e. The van der Waals surface area contributed by atoms with Crippen molar-refractivity contribution in [3.8, 4) is 11.5 Å². The molecule has 1 atom stereocenters. The third-order valence-corrected chi connectivity index (χ3v) is 5.19. The fraction of sp³-hybridized carbons (Fsp3) is 0.474. The van der Waals surface area contributed by atoms with E-state index in [1.165, 1.54) is 6.42 Å². The first-order valence-corrected chi connectivity index (χ1v) is 8.97. The van der Waals surface area contributed by atoms with Gasteiger partial charge in [0.1, 0.15) is 11.5 Å². The second-order valence-corrected chi connectivity index (χ2v) is 6.78. The largest absolute Gasteiger partial charge is 0.463 e. The third-order valence-electron chi connectivity index (χ3n) is 5.19. The monoisotopic (exact) mass is 340 g/mol. The van der Waals surface area contributed by atoms with Crippen LogP contribution in [0.25, 0.3) is 17.1 Å². The normalized spacial score (nSPS) is 18.2. The minimum Gasteiger partial charge on any atom is -0.463 e. The molecule has 1 saturated heterocycles. The number of furan rings is 1. The molecule has 0 aliphatic carbocycles. The van der Waals surface area contributed by atoms with E-state index in [2.05, 4.69) is 11.8 Å². The van der Waals surface area contributed by atoms with Crippen molar-refractivity contribution in [2.75, 3.05) is 18.1 Å². The van der Waals surface area contributed by atoms with Crippen LogP contribution in [-0.4, -0.2) is 38.9 Å². The molecule has 0 spiro atoms. The molecule has 6 heteroatoms. The molecule has 1 fully saturated rings. The van der Waals surface area contributed by atoms with Crippen molar-refractivity contribution in [2.24, 2.45) is 0 Å². The Bertz CT molecular complexity index is 867. The van der Waals surface area contributed by atoms with Crippen LogP contribution < -0.4 is 4.90 Å². The average Bonchev–Trinajstić information content (AvgIpc) is 3.26. The van der Waals surface area contributed by atoms with Gasteiger partial charge in [-0.25, -0.2) is 4.98 Å². The minimum atomic E-state index is 0.212. The van der Waals surface area contributed by atoms with Gasteiger partial charge in [0.05, 0.1) is 6.26 Å². The number of anilines is 1. The third kappa shape index (κ3) is 2.80. The summed E-state index contributed by atoms with van der Waals surface area (Å²) in [6.07, 6.45) is 5.93. The Labute approximate surface area is 147 Å². The van der Waals surface area contributed by atoms with Crippen molar-refractivity contribution in [3.05, 3.63) is 35.7 Å². The van der Waals surface area contributed by atoms with Gasteiger partial charge in [-0.2, -0.15) is 9.61 Å². The average molecular weight is 340 g/mol. The molecule has 1 aliphatic rings. The molecule has 0 aromatic carbocycles. The van der Waals surface area contributed by atoms with Crippen molar-refractivity contribution in [2.45, 2.75) is 45.6 Å². The fourth-order valence-electron chi connectivity index (χ4n) is 3.79. The standard InChI is InChI=1S/C19H24N4O2/c1-13-14(2)20-18-12-16(17-7-5-11-25-17)21-23(18)19(13)22-9-4-3-6-15(22)8-10-24/h5,7,11-12,15,24H,3-4,6,8-10H2,1-2H3/t15-/m0/s1. The van der Waals surface area contributed by atoms with Gasteiger partial charge in [-0.05, 0) is 51.7 Å². The van der Waals surface area contributed by atoms with Gasteiger partial charge in [-0.15, -0.1) is 0 Å². The van der Waals surface area contributed by atoms with Crippen LogP contribution in [0.3, 0.4) is 0 Å². The second-order valence-electron chi connectivity index (χ2n) is 6.78. The summed E-state index contributed by atoms with van der Waals surface area (Å²) in [5.41, 5.74) is 3.78. The summed E-state index contributed by atoms with van der Waals surface area (Å²) in [4.78, 5) is 7.13. The molecular weight excluding hydrogens is 316 g/mol. The maximum atomic E-state index is 9.48. The molecule has 0 bridgehead atoms. The van der Waals surface area contributed by atoms with Crippen molar-refractivity contribution in [1.29, 1.82) is 0 Å². The highest BCUT2D eigenvalue weighted by molar-refractivity contribution is 5.64. The number of aliphatic hydroxyl groups excluding tert-OH is 1. The number of nitrogens with zero attached hydrogens (tertiary/aromatic N) is 4. The molecule has 0 saturated carbocycles. The maximum absolute atomic E-state index is 9.48. The first kappa shape index (κ1) is 16.1. The van der Waals surface area contributed by atoms with E-state index >= 15 is 0 Å². The Morgan fingerprint density at radius 2 is 2.20 bits per heavy atom. The molecule has 6 nitrogen and oxygen atoms in total. The lowest BCUT2D eigenvalue weighted by molar-refractivity contribution is 0.262. The minimum absolute atomic E-state index is 0.212. The molecule has 4 rings (SSSR count). The van der Waals surface area contributed by atoms with E-state index in [0.29, 0.717) is 6.04 Å². The van der Waals surface area contributed by atoms with E-state index in [0.717, 1.165) is 60.0 Å². The van der Waals surface area contributed by atoms with Crippen molar-refractivity contribution in [1.82, 2.24) is 14.6 Å². The number of aryl methyl sites for hydroxylation is 1. The molecule has 1 aliphatic heterocycles. The number of fused-ring (bicyclic) bond motifs is 1. The second kappa shape index (κ2) is 6.52. The van der Waals surface area contributed by atoms with Crippen LogP contribution >= 0.6 is 0 Å². The van der Waals surface area contributed by atoms with Gasteiger partial charge in [0.25, 0.3) is 0 Å². The highest BCUT2D eigenvalue weighted by atomic mass is 16.3. The molecule has 3 aromatic heterocycles. The lowest BCUT2D eigenvalue weighted by Crippen LogP contribution is -2.42. The van der Waals surface area contributed by atoms with Crippen molar-refractivity contribution in [3.63, 3.8) is 0 Å². The zero-order valence-electron chi connectivity index (χ0n) is 14.8. The first-order chi connectivity index (χ1) is 12.2. The van der Waals surface area contributed by atoms with E-state index in [4.69, 9.17) is 14.5 Å². The Morgan fingerprint density at radius 1 is 1.32 bits per heavy atom. The predicted octanol–water partition coefficient (Wildman–Crippen LogP) is 3.35. The molecule has 0 amide bonds. The molecule has 0 unspecified atom stereocenters. The van der Waals surface area contributed by atoms with Gasteiger partial charge in [0.2, 0.25) is 0 Å². The summed E-state index contributed by atoms with van der Waals surface area (Å²) in [6, 6.07) is 6.10. The summed E-state index contributed by atoms with van der Waals surface area (Å²) >= 11 is 0. The van der Waals surface area contributed by atoms with Crippen LogP contribution in [0.4, 0.5) is 5.82 Å². The van der Waals surface area contributed by atoms with Gasteiger partial charge in [-0.3, -0.25) is 0 Å². The zero-order valence-corrected chi connectivity index (χ0v) is 14.8. The summed E-state index contributed by atoms with van der Waals surface area (Å²) in [6.45, 7) is 5.35. The molecular formula is C19H24N4O2. The summed E-state index contributed by atoms with van der Waals surface area (Å²) in [5, 5.41) is 14.3. The van der Waals surface area contributed by atoms with Gasteiger partial charge in [0.15, 0.2) is 11.4 Å². The van der Waals surface area contributed by atoms with Crippen LogP contribution in [0, 0.1) is 13.8 Å². The highest BCUT2D eigenvalue weighted by Crippen LogP contribution is 2.32. The number of hydrogen-bond acceptors (Lipinski definition) is 5. The van der Waals surface area contributed by atoms with E-state index < -0.39 is 0 Å². The SMILES string of the molecule is Cc1nc2cc(-c3ccco3)nn2c(N2CCCC[C@H]2CCO)c1C. The van der Waals surface area contributed by atoms with Crippen LogP contribution in [-0.2, 0) is 0 Å². The van der Waals surface area contributed by atoms with E-state index in [1.54, 1.807) is 6.26 Å². The number of aliphatic hydroxyl groups is 1. The number of piperidine rings is 1. The lowest BCUT2D eigenvalue weighted by Gasteiger charge is -2.38. The topological polar surface area (TPSA) is 66.8 Å². The molecule has 3 aromatic rings. The summed E-state index contributed by atoms with van der Waals surface area (Å²) in [7, 11) is 0. The van der Waals surface area contributed by atoms with E-state index in [-0.39, 0.29) is 6.61 Å². The molecule has 132 valence electrons. The van der Waals surface area contributed by atoms with Crippen molar-refractivity contribution >= 4 is 11.5 Å². The number of aromatic nitrogens is 3. The summed E-state index contributed by atoms with van der Waals surface area (Å²) in [5.74, 6) is 1.84. The number of rotatable bonds is 4. The Hall–Kier alpha value is -2.34. The Balaban J connectivity index is 1.87. The van der Waals surface area contributed by atoms with Crippen LogP contribution in [0.2, 0.25) is 0 Å². The molecule has 0 radical (unpaired) electrons. The first-order valence-electron chi connectivity index (χ1n) is 8.97. The quantitative estimate of drug-likeness (QED) is 0.789. The fourth-order valence-corrected chi connectivity index (χ4v) is 3.79. The Morgan fingerprint density at radius 3 is 2.96 bits per heavy atom. The van der Waals surface area contributed by atoms with Crippen LogP contribution in [0.5, 0.6) is 0 Å². The molecule has 4 heterocycles. The molecule has 25 heavy (non-hydrogen) atoms. The van der Waals surface area contributed by atoms with Crippen LogP contribution in [0.1, 0.15) is 36.9 Å².